The van der Waals surface area contributed by atoms with Gasteiger partial charge in [-0.3, -0.25) is 0 Å². The van der Waals surface area contributed by atoms with Crippen LogP contribution in [0.25, 0.3) is 0 Å². The second-order valence-electron chi connectivity index (χ2n) is 18.8. The highest BCUT2D eigenvalue weighted by Gasteiger charge is 2.70. The van der Waals surface area contributed by atoms with Gasteiger partial charge in [-0.15, -0.1) is 0 Å². The third-order valence-electron chi connectivity index (χ3n) is 17.9. The fraction of sp³-hybridized carbons (Fsp3) is 0.660. The average Bonchev–Trinajstić information content (AvgIpc) is 3.65. The zero-order chi connectivity index (χ0) is 30.8. The van der Waals surface area contributed by atoms with Gasteiger partial charge in [-0.05, 0) is 181 Å². The number of rotatable bonds is 2. The van der Waals surface area contributed by atoms with E-state index in [9.17, 15) is 0 Å². The maximum absolute atomic E-state index is 2.79. The minimum atomic E-state index is 0.767. The van der Waals surface area contributed by atoms with E-state index in [0.717, 1.165) is 112 Å². The number of fused-ring (bicyclic) bond motifs is 10. The third kappa shape index (κ3) is 3.94. The van der Waals surface area contributed by atoms with E-state index in [1.807, 2.05) is 0 Å². The highest BCUT2D eigenvalue weighted by molar-refractivity contribution is 5.34. The Kier molecular flexibility index (Phi) is 6.70. The van der Waals surface area contributed by atoms with Crippen molar-refractivity contribution in [3.63, 3.8) is 0 Å². The molecule has 0 amide bonds. The zero-order valence-corrected chi connectivity index (χ0v) is 28.8. The molecule has 11 rings (SSSR count). The standard InChI is InChI=1S/C47H58/c1-27-30-18-8-9-19-31(30)35-23-13-25-37-44(35)40(27)47-42(29-16-6-3-7-17-29)45-36-24-12-22-34-32-20-10-11-21-33(32)38(43(34)36)26-39(45)41(46(37)47)28-14-4-2-5-15-28/h2-7,9-10,14-17,19-20,27,30-47H,8,11-13,18,21-26H2,1H3. The summed E-state index contributed by atoms with van der Waals surface area (Å²) in [5.74, 6) is 17.2. The molecule has 47 heavy (non-hydrogen) atoms. The van der Waals surface area contributed by atoms with Gasteiger partial charge in [0.25, 0.3) is 0 Å². The lowest BCUT2D eigenvalue weighted by Crippen LogP contribution is -2.55. The van der Waals surface area contributed by atoms with E-state index in [4.69, 9.17) is 0 Å². The largest absolute Gasteiger partial charge is 0.0882 e. The van der Waals surface area contributed by atoms with Crippen LogP contribution in [0.5, 0.6) is 0 Å². The molecule has 2 aromatic rings. The van der Waals surface area contributed by atoms with E-state index < -0.39 is 0 Å². The van der Waals surface area contributed by atoms with Crippen molar-refractivity contribution in [1.29, 1.82) is 0 Å². The molecule has 0 spiro atoms. The highest BCUT2D eigenvalue weighted by Crippen LogP contribution is 2.77. The van der Waals surface area contributed by atoms with Crippen molar-refractivity contribution in [3.05, 3.63) is 96.1 Å². The molecular weight excluding hydrogens is 565 g/mol. The first kappa shape index (κ1) is 28.7. The van der Waals surface area contributed by atoms with Gasteiger partial charge < -0.3 is 0 Å². The Bertz CT molecular complexity index is 1520. The Balaban J connectivity index is 1.13. The Labute approximate surface area is 285 Å². The first-order valence-corrected chi connectivity index (χ1v) is 20.7. The van der Waals surface area contributed by atoms with Crippen molar-refractivity contribution in [2.75, 3.05) is 0 Å². The van der Waals surface area contributed by atoms with Crippen LogP contribution in [0.3, 0.4) is 0 Å². The summed E-state index contributed by atoms with van der Waals surface area (Å²) in [5, 5.41) is 0. The van der Waals surface area contributed by atoms with Crippen LogP contribution in [0.15, 0.2) is 85.0 Å². The van der Waals surface area contributed by atoms with E-state index in [-0.39, 0.29) is 0 Å². The summed E-state index contributed by atoms with van der Waals surface area (Å²) in [5.41, 5.74) is 3.51. The first-order chi connectivity index (χ1) is 23.3. The Morgan fingerprint density at radius 2 is 1.00 bits per heavy atom. The van der Waals surface area contributed by atoms with Gasteiger partial charge in [0, 0.05) is 0 Å². The highest BCUT2D eigenvalue weighted by atomic mass is 14.7. The first-order valence-electron chi connectivity index (χ1n) is 20.7. The van der Waals surface area contributed by atoms with Crippen molar-refractivity contribution in [2.24, 2.45) is 101 Å². The van der Waals surface area contributed by atoms with Crippen LogP contribution >= 0.6 is 0 Å². The van der Waals surface area contributed by atoms with Crippen LogP contribution in [-0.2, 0) is 0 Å². The molecule has 0 aromatic heterocycles. The molecule has 0 N–H and O–H groups in total. The maximum atomic E-state index is 2.79. The molecule has 0 nitrogen and oxygen atoms in total. The van der Waals surface area contributed by atoms with Crippen LogP contribution in [-0.4, -0.2) is 0 Å². The van der Waals surface area contributed by atoms with Crippen molar-refractivity contribution >= 4 is 0 Å². The second-order valence-corrected chi connectivity index (χ2v) is 18.8. The van der Waals surface area contributed by atoms with E-state index in [0.29, 0.717) is 0 Å². The molecule has 7 saturated carbocycles. The lowest BCUT2D eigenvalue weighted by Gasteiger charge is -2.61. The zero-order valence-electron chi connectivity index (χ0n) is 28.8. The van der Waals surface area contributed by atoms with Crippen LogP contribution in [0, 0.1) is 101 Å². The van der Waals surface area contributed by atoms with Crippen LogP contribution in [0.2, 0.25) is 0 Å². The molecule has 7 fully saturated rings. The Hall–Kier alpha value is -2.08. The summed E-state index contributed by atoms with van der Waals surface area (Å²) in [6.07, 6.45) is 26.9. The molecule has 0 heteroatoms. The van der Waals surface area contributed by atoms with Gasteiger partial charge >= 0.3 is 0 Å². The topological polar surface area (TPSA) is 0 Å². The summed E-state index contributed by atoms with van der Waals surface area (Å²) in [6.45, 7) is 2.79. The average molecular weight is 623 g/mol. The van der Waals surface area contributed by atoms with Gasteiger partial charge in [0.05, 0.1) is 0 Å². The van der Waals surface area contributed by atoms with Gasteiger partial charge in [-0.25, -0.2) is 0 Å². The molecule has 19 unspecified atom stereocenters. The maximum Gasteiger partial charge on any atom is -0.00938 e. The van der Waals surface area contributed by atoms with Crippen molar-refractivity contribution in [1.82, 2.24) is 0 Å². The van der Waals surface area contributed by atoms with Gasteiger partial charge in [-0.1, -0.05) is 105 Å². The summed E-state index contributed by atoms with van der Waals surface area (Å²) >= 11 is 0. The number of hydrogen-bond acceptors (Lipinski definition) is 0. The predicted molar refractivity (Wildman–Crippen MR) is 192 cm³/mol. The predicted octanol–water partition coefficient (Wildman–Crippen LogP) is 11.6. The quantitative estimate of drug-likeness (QED) is 0.292. The van der Waals surface area contributed by atoms with Crippen molar-refractivity contribution < 1.29 is 0 Å². The molecule has 0 heterocycles. The fourth-order valence-electron chi connectivity index (χ4n) is 17.3. The normalized spacial score (nSPS) is 53.2. The summed E-state index contributed by atoms with van der Waals surface area (Å²) in [4.78, 5) is 0. The monoisotopic (exact) mass is 622 g/mol. The van der Waals surface area contributed by atoms with E-state index in [1.165, 1.54) is 64.2 Å². The molecular formula is C47H58. The summed E-state index contributed by atoms with van der Waals surface area (Å²) < 4.78 is 0. The molecule has 246 valence electrons. The van der Waals surface area contributed by atoms with Crippen LogP contribution in [0.4, 0.5) is 0 Å². The molecule has 2 aromatic carbocycles. The Morgan fingerprint density at radius 1 is 0.426 bits per heavy atom. The summed E-state index contributed by atoms with van der Waals surface area (Å²) in [6, 6.07) is 24.8. The molecule has 0 aliphatic heterocycles. The van der Waals surface area contributed by atoms with Crippen molar-refractivity contribution in [3.8, 4) is 0 Å². The molecule has 0 radical (unpaired) electrons. The van der Waals surface area contributed by atoms with Crippen LogP contribution in [0.1, 0.15) is 101 Å². The van der Waals surface area contributed by atoms with Gasteiger partial charge in [0.1, 0.15) is 0 Å². The summed E-state index contributed by atoms with van der Waals surface area (Å²) in [7, 11) is 0. The number of hydrogen-bond donors (Lipinski definition) is 0. The minimum Gasteiger partial charge on any atom is -0.0882 e. The Morgan fingerprint density at radius 3 is 1.70 bits per heavy atom. The molecule has 19 atom stereocenters. The molecule has 0 bridgehead atoms. The number of benzene rings is 2. The van der Waals surface area contributed by atoms with Crippen LogP contribution < -0.4 is 0 Å². The fourth-order valence-corrected chi connectivity index (χ4v) is 17.3. The molecule has 9 aliphatic carbocycles. The molecule has 0 saturated heterocycles. The van der Waals surface area contributed by atoms with E-state index in [1.54, 1.807) is 17.5 Å². The lowest BCUT2D eigenvalue weighted by atomic mass is 9.43. The second kappa shape index (κ2) is 11.0. The molecule has 9 aliphatic rings. The third-order valence-corrected chi connectivity index (χ3v) is 17.9. The smallest absolute Gasteiger partial charge is 0.00938 e. The lowest BCUT2D eigenvalue weighted by molar-refractivity contribution is -0.0919. The van der Waals surface area contributed by atoms with E-state index in [2.05, 4.69) is 91.9 Å². The van der Waals surface area contributed by atoms with Crippen molar-refractivity contribution in [2.45, 2.75) is 89.4 Å². The van der Waals surface area contributed by atoms with Gasteiger partial charge in [0.15, 0.2) is 0 Å². The SMILES string of the molecule is CC1C2CCC=CC2C2CCCC3C2C1C1C(c2ccccc2)C2C(CC4C5CCC=CC5C5CCCC2C54)C(c2ccccc2)C31. The number of allylic oxidation sites excluding steroid dienone is 4. The van der Waals surface area contributed by atoms with Gasteiger partial charge in [0.2, 0.25) is 0 Å². The van der Waals surface area contributed by atoms with E-state index >= 15 is 0 Å². The van der Waals surface area contributed by atoms with Gasteiger partial charge in [-0.2, -0.15) is 0 Å². The minimum absolute atomic E-state index is 0.767.